The average Bonchev–Trinajstić information content (AvgIpc) is 3.10. The van der Waals surface area contributed by atoms with E-state index in [-0.39, 0.29) is 5.91 Å². The predicted octanol–water partition coefficient (Wildman–Crippen LogP) is 4.98. The third kappa shape index (κ3) is 4.25. The molecule has 0 bridgehead atoms. The van der Waals surface area contributed by atoms with Crippen molar-refractivity contribution < 1.29 is 4.79 Å². The quantitative estimate of drug-likeness (QED) is 0.763. The minimum absolute atomic E-state index is 0.0167. The van der Waals surface area contributed by atoms with Crippen molar-refractivity contribution >= 4 is 40.6 Å². The number of aryl methyl sites for hydroxylation is 1. The molecule has 1 aliphatic heterocycles. The molecule has 0 aromatic heterocycles. The van der Waals surface area contributed by atoms with Gasteiger partial charge in [-0.3, -0.25) is 4.79 Å². The average molecular weight is 361 g/mol. The molecule has 1 amide bonds. The van der Waals surface area contributed by atoms with Gasteiger partial charge in [-0.1, -0.05) is 23.7 Å². The molecule has 1 fully saturated rings. The van der Waals surface area contributed by atoms with Gasteiger partial charge in [-0.2, -0.15) is 0 Å². The zero-order valence-corrected chi connectivity index (χ0v) is 15.3. The van der Waals surface area contributed by atoms with E-state index in [4.69, 9.17) is 11.6 Å². The monoisotopic (exact) mass is 360 g/mol. The summed E-state index contributed by atoms with van der Waals surface area (Å²) < 4.78 is 0. The van der Waals surface area contributed by atoms with Crippen molar-refractivity contribution in [3.63, 3.8) is 0 Å². The van der Waals surface area contributed by atoms with Gasteiger partial charge in [0.15, 0.2) is 0 Å². The summed E-state index contributed by atoms with van der Waals surface area (Å²) in [5.74, 6) is 0.328. The smallest absolute Gasteiger partial charge is 0.234 e. The molecule has 1 saturated heterocycles. The van der Waals surface area contributed by atoms with Crippen LogP contribution in [0.2, 0.25) is 5.02 Å². The number of carbonyl (C=O) groups is 1. The van der Waals surface area contributed by atoms with Crippen molar-refractivity contribution in [3.8, 4) is 0 Å². The molecular formula is C19H21ClN2OS. The number of hydrogen-bond donors (Lipinski definition) is 1. The maximum atomic E-state index is 12.2. The van der Waals surface area contributed by atoms with Gasteiger partial charge in [0.05, 0.1) is 10.8 Å². The lowest BCUT2D eigenvalue weighted by atomic mass is 10.1. The number of anilines is 2. The van der Waals surface area contributed by atoms with E-state index in [2.05, 4.69) is 22.3 Å². The minimum Gasteiger partial charge on any atom is -0.372 e. The molecule has 0 unspecified atom stereocenters. The third-order valence-electron chi connectivity index (χ3n) is 4.15. The van der Waals surface area contributed by atoms with Gasteiger partial charge in [-0.15, -0.1) is 11.8 Å². The maximum Gasteiger partial charge on any atom is 0.234 e. The van der Waals surface area contributed by atoms with Crippen molar-refractivity contribution in [2.45, 2.75) is 24.7 Å². The summed E-state index contributed by atoms with van der Waals surface area (Å²) in [5, 5.41) is 3.68. The first kappa shape index (κ1) is 17.2. The molecule has 0 aliphatic carbocycles. The van der Waals surface area contributed by atoms with Crippen molar-refractivity contribution in [1.29, 1.82) is 0 Å². The van der Waals surface area contributed by atoms with Gasteiger partial charge in [-0.05, 0) is 55.7 Å². The van der Waals surface area contributed by atoms with Crippen LogP contribution in [0.3, 0.4) is 0 Å². The lowest BCUT2D eigenvalue weighted by Gasteiger charge is -2.19. The molecule has 0 radical (unpaired) electrons. The van der Waals surface area contributed by atoms with E-state index < -0.39 is 0 Å². The number of nitrogens with one attached hydrogen (secondary N) is 1. The van der Waals surface area contributed by atoms with Gasteiger partial charge in [0.25, 0.3) is 0 Å². The Hall–Kier alpha value is -1.65. The van der Waals surface area contributed by atoms with Crippen LogP contribution in [0, 0.1) is 6.92 Å². The normalized spacial score (nSPS) is 14.0. The summed E-state index contributed by atoms with van der Waals surface area (Å²) in [5.41, 5.74) is 3.21. The fraction of sp³-hybridized carbons (Fsp3) is 0.316. The SMILES string of the molecule is Cc1cc(N2CCCC2)ccc1NC(=O)CSc1ccccc1Cl. The van der Waals surface area contributed by atoms with Gasteiger partial charge < -0.3 is 10.2 Å². The Morgan fingerprint density at radius 1 is 1.21 bits per heavy atom. The molecule has 3 rings (SSSR count). The van der Waals surface area contributed by atoms with Crippen LogP contribution < -0.4 is 10.2 Å². The maximum absolute atomic E-state index is 12.2. The first-order chi connectivity index (χ1) is 11.6. The second kappa shape index (κ2) is 7.95. The molecule has 1 aliphatic rings. The van der Waals surface area contributed by atoms with Crippen molar-refractivity contribution in [2.75, 3.05) is 29.1 Å². The van der Waals surface area contributed by atoms with Gasteiger partial charge in [0.2, 0.25) is 5.91 Å². The molecule has 1 heterocycles. The van der Waals surface area contributed by atoms with E-state index in [0.29, 0.717) is 10.8 Å². The highest BCUT2D eigenvalue weighted by molar-refractivity contribution is 8.00. The van der Waals surface area contributed by atoms with Crippen LogP contribution in [-0.4, -0.2) is 24.7 Å². The van der Waals surface area contributed by atoms with E-state index >= 15 is 0 Å². The van der Waals surface area contributed by atoms with Gasteiger partial charge in [-0.25, -0.2) is 0 Å². The van der Waals surface area contributed by atoms with Crippen LogP contribution in [0.5, 0.6) is 0 Å². The molecule has 0 saturated carbocycles. The van der Waals surface area contributed by atoms with E-state index in [1.165, 1.54) is 30.3 Å². The topological polar surface area (TPSA) is 32.3 Å². The number of rotatable bonds is 5. The number of benzene rings is 2. The predicted molar refractivity (Wildman–Crippen MR) is 103 cm³/mol. The highest BCUT2D eigenvalue weighted by atomic mass is 35.5. The highest BCUT2D eigenvalue weighted by Crippen LogP contribution is 2.28. The number of amides is 1. The summed E-state index contributed by atoms with van der Waals surface area (Å²) in [6.07, 6.45) is 2.52. The molecule has 0 spiro atoms. The highest BCUT2D eigenvalue weighted by Gasteiger charge is 2.14. The largest absolute Gasteiger partial charge is 0.372 e. The van der Waals surface area contributed by atoms with Crippen LogP contribution >= 0.6 is 23.4 Å². The summed E-state index contributed by atoms with van der Waals surface area (Å²) in [4.78, 5) is 15.5. The molecule has 2 aromatic carbocycles. The van der Waals surface area contributed by atoms with Crippen molar-refractivity contribution in [3.05, 3.63) is 53.1 Å². The molecule has 24 heavy (non-hydrogen) atoms. The number of halogens is 1. The molecule has 2 aromatic rings. The fourth-order valence-electron chi connectivity index (χ4n) is 2.85. The number of hydrogen-bond acceptors (Lipinski definition) is 3. The molecular weight excluding hydrogens is 340 g/mol. The summed E-state index contributed by atoms with van der Waals surface area (Å²) in [6.45, 7) is 4.29. The Morgan fingerprint density at radius 2 is 1.96 bits per heavy atom. The van der Waals surface area contributed by atoms with Crippen molar-refractivity contribution in [1.82, 2.24) is 0 Å². The molecule has 126 valence electrons. The standard InChI is InChI=1S/C19H21ClN2OS/c1-14-12-15(22-10-4-5-11-22)8-9-17(14)21-19(23)13-24-18-7-3-2-6-16(18)20/h2-3,6-9,12H,4-5,10-11,13H2,1H3,(H,21,23). The zero-order chi connectivity index (χ0) is 16.9. The Kier molecular flexibility index (Phi) is 5.69. The van der Waals surface area contributed by atoms with Crippen LogP contribution in [0.1, 0.15) is 18.4 Å². The van der Waals surface area contributed by atoms with Crippen LogP contribution in [0.15, 0.2) is 47.4 Å². The minimum atomic E-state index is -0.0167. The van der Waals surface area contributed by atoms with Crippen LogP contribution in [0.25, 0.3) is 0 Å². The van der Waals surface area contributed by atoms with E-state index in [0.717, 1.165) is 29.2 Å². The number of thioether (sulfide) groups is 1. The van der Waals surface area contributed by atoms with Crippen LogP contribution in [0.4, 0.5) is 11.4 Å². The number of nitrogens with zero attached hydrogens (tertiary/aromatic N) is 1. The molecule has 5 heteroatoms. The lowest BCUT2D eigenvalue weighted by Crippen LogP contribution is -2.18. The second-order valence-electron chi connectivity index (χ2n) is 5.96. The fourth-order valence-corrected chi connectivity index (χ4v) is 3.89. The van der Waals surface area contributed by atoms with Crippen molar-refractivity contribution in [2.24, 2.45) is 0 Å². The summed E-state index contributed by atoms with van der Waals surface area (Å²) in [6, 6.07) is 13.8. The first-order valence-corrected chi connectivity index (χ1v) is 9.52. The lowest BCUT2D eigenvalue weighted by molar-refractivity contribution is -0.113. The first-order valence-electron chi connectivity index (χ1n) is 8.16. The third-order valence-corrected chi connectivity index (χ3v) is 5.67. The van der Waals surface area contributed by atoms with Gasteiger partial charge in [0.1, 0.15) is 0 Å². The summed E-state index contributed by atoms with van der Waals surface area (Å²) in [7, 11) is 0. The van der Waals surface area contributed by atoms with Crippen LogP contribution in [-0.2, 0) is 4.79 Å². The molecule has 0 atom stereocenters. The number of carbonyl (C=O) groups excluding carboxylic acids is 1. The van der Waals surface area contributed by atoms with E-state index in [1.807, 2.05) is 37.3 Å². The Morgan fingerprint density at radius 3 is 2.67 bits per heavy atom. The second-order valence-corrected chi connectivity index (χ2v) is 7.39. The van der Waals surface area contributed by atoms with E-state index in [9.17, 15) is 4.79 Å². The Labute approximate surface area is 152 Å². The Balaban J connectivity index is 1.59. The molecule has 3 nitrogen and oxygen atoms in total. The summed E-state index contributed by atoms with van der Waals surface area (Å²) >= 11 is 7.57. The Bertz CT molecular complexity index is 729. The zero-order valence-electron chi connectivity index (χ0n) is 13.7. The van der Waals surface area contributed by atoms with Gasteiger partial charge in [0, 0.05) is 29.4 Å². The van der Waals surface area contributed by atoms with E-state index in [1.54, 1.807) is 0 Å². The van der Waals surface area contributed by atoms with Gasteiger partial charge >= 0.3 is 0 Å². The molecule has 1 N–H and O–H groups in total.